The van der Waals surface area contributed by atoms with E-state index in [9.17, 15) is 4.79 Å². The van der Waals surface area contributed by atoms with Crippen molar-refractivity contribution in [3.8, 4) is 0 Å². The third kappa shape index (κ3) is 6.89. The number of likely N-dealkylation sites (N-methyl/N-ethyl adjacent to an activating group) is 1. The Bertz CT molecular complexity index is 233. The van der Waals surface area contributed by atoms with Crippen LogP contribution in [0.2, 0.25) is 0 Å². The average molecular weight is 274 g/mol. The average Bonchev–Trinajstić information content (AvgIpc) is 2.45. The molecule has 0 fully saturated rings. The molecule has 0 aromatic rings. The Morgan fingerprint density at radius 2 is 1.84 bits per heavy atom. The van der Waals surface area contributed by atoms with Crippen molar-refractivity contribution in [1.29, 1.82) is 0 Å². The molecule has 0 heterocycles. The van der Waals surface area contributed by atoms with Crippen LogP contribution in [-0.4, -0.2) is 63.9 Å². The van der Waals surface area contributed by atoms with Crippen LogP contribution in [0.3, 0.4) is 0 Å². The molecule has 0 rings (SSSR count). The van der Waals surface area contributed by atoms with E-state index in [2.05, 4.69) is 24.1 Å². The molecule has 0 radical (unpaired) electrons. The van der Waals surface area contributed by atoms with E-state index < -0.39 is 0 Å². The third-order valence-electron chi connectivity index (χ3n) is 3.58. The van der Waals surface area contributed by atoms with E-state index in [4.69, 9.17) is 9.47 Å². The van der Waals surface area contributed by atoms with Crippen LogP contribution in [0.4, 0.5) is 0 Å². The van der Waals surface area contributed by atoms with Gasteiger partial charge in [0.1, 0.15) is 6.04 Å². The Labute approximate surface area is 117 Å². The maximum absolute atomic E-state index is 11.6. The molecule has 0 saturated heterocycles. The number of nitrogens with zero attached hydrogens (tertiary/aromatic N) is 1. The van der Waals surface area contributed by atoms with Gasteiger partial charge in [-0.3, -0.25) is 9.69 Å². The Kier molecular flexibility index (Phi) is 10.8. The van der Waals surface area contributed by atoms with Crippen LogP contribution in [0.5, 0.6) is 0 Å². The number of nitrogens with one attached hydrogen (secondary N) is 1. The highest BCUT2D eigenvalue weighted by Gasteiger charge is 2.20. The molecule has 0 spiro atoms. The zero-order chi connectivity index (χ0) is 14.7. The lowest BCUT2D eigenvalue weighted by molar-refractivity contribution is -0.143. The molecule has 0 amide bonds. The molecule has 0 aliphatic rings. The number of rotatable bonds is 11. The van der Waals surface area contributed by atoms with Crippen molar-refractivity contribution in [3.63, 3.8) is 0 Å². The molecule has 0 saturated carbocycles. The van der Waals surface area contributed by atoms with Gasteiger partial charge in [0.25, 0.3) is 0 Å². The summed E-state index contributed by atoms with van der Waals surface area (Å²) in [6.07, 6.45) is 2.98. The normalized spacial score (nSPS) is 13.0. The summed E-state index contributed by atoms with van der Waals surface area (Å²) >= 11 is 0. The Morgan fingerprint density at radius 3 is 2.26 bits per heavy atom. The van der Waals surface area contributed by atoms with Gasteiger partial charge in [-0.05, 0) is 26.3 Å². The standard InChI is InChI=1S/C14H30N2O3/c1-6-12(7-2)16(10-11-18-4)9-8-13(15-3)14(17)19-5/h12-13,15H,6-11H2,1-5H3. The monoisotopic (exact) mass is 274 g/mol. The highest BCUT2D eigenvalue weighted by molar-refractivity contribution is 5.75. The molecule has 1 N–H and O–H groups in total. The molecule has 0 bridgehead atoms. The second kappa shape index (κ2) is 11.2. The number of hydrogen-bond donors (Lipinski definition) is 1. The molecule has 19 heavy (non-hydrogen) atoms. The predicted molar refractivity (Wildman–Crippen MR) is 77.3 cm³/mol. The Balaban J connectivity index is 4.41. The van der Waals surface area contributed by atoms with E-state index in [1.807, 2.05) is 0 Å². The van der Waals surface area contributed by atoms with Crippen molar-refractivity contribution in [1.82, 2.24) is 10.2 Å². The smallest absolute Gasteiger partial charge is 0.322 e. The summed E-state index contributed by atoms with van der Waals surface area (Å²) in [7, 11) is 4.93. The fraction of sp³-hybridized carbons (Fsp3) is 0.929. The maximum atomic E-state index is 11.6. The largest absolute Gasteiger partial charge is 0.468 e. The van der Waals surface area contributed by atoms with Gasteiger partial charge in [0.15, 0.2) is 0 Å². The molecule has 5 heteroatoms. The summed E-state index contributed by atoms with van der Waals surface area (Å²) in [5, 5.41) is 3.01. The fourth-order valence-electron chi connectivity index (χ4n) is 2.31. The highest BCUT2D eigenvalue weighted by atomic mass is 16.5. The molecular weight excluding hydrogens is 244 g/mol. The van der Waals surface area contributed by atoms with E-state index in [-0.39, 0.29) is 12.0 Å². The second-order valence-corrected chi connectivity index (χ2v) is 4.65. The number of carbonyl (C=O) groups excluding carboxylic acids is 1. The molecular formula is C14H30N2O3. The predicted octanol–water partition coefficient (Wildman–Crippen LogP) is 1.27. The Morgan fingerprint density at radius 1 is 1.21 bits per heavy atom. The third-order valence-corrected chi connectivity index (χ3v) is 3.58. The first-order valence-electron chi connectivity index (χ1n) is 7.12. The summed E-state index contributed by atoms with van der Waals surface area (Å²) in [5.74, 6) is -0.196. The van der Waals surface area contributed by atoms with E-state index in [1.54, 1.807) is 14.2 Å². The summed E-state index contributed by atoms with van der Waals surface area (Å²) in [6, 6.07) is 0.315. The first-order chi connectivity index (χ1) is 9.14. The quantitative estimate of drug-likeness (QED) is 0.575. The summed E-state index contributed by atoms with van der Waals surface area (Å²) < 4.78 is 9.95. The van der Waals surface area contributed by atoms with E-state index in [0.29, 0.717) is 6.04 Å². The van der Waals surface area contributed by atoms with E-state index >= 15 is 0 Å². The first-order valence-corrected chi connectivity index (χ1v) is 7.12. The summed E-state index contributed by atoms with van der Waals surface area (Å²) in [5.41, 5.74) is 0. The molecule has 5 nitrogen and oxygen atoms in total. The van der Waals surface area contributed by atoms with Gasteiger partial charge in [-0.25, -0.2) is 0 Å². The number of carbonyl (C=O) groups is 1. The van der Waals surface area contributed by atoms with Crippen molar-refractivity contribution >= 4 is 5.97 Å². The van der Waals surface area contributed by atoms with Crippen LogP contribution in [0, 0.1) is 0 Å². The number of hydrogen-bond acceptors (Lipinski definition) is 5. The molecule has 114 valence electrons. The molecule has 0 aromatic heterocycles. The molecule has 0 aliphatic carbocycles. The van der Waals surface area contributed by atoms with Crippen LogP contribution < -0.4 is 5.32 Å². The first kappa shape index (κ1) is 18.4. The zero-order valence-corrected chi connectivity index (χ0v) is 13.1. The van der Waals surface area contributed by atoms with Crippen molar-refractivity contribution in [2.45, 2.75) is 45.2 Å². The minimum absolute atomic E-state index is 0.196. The Hall–Kier alpha value is -0.650. The zero-order valence-electron chi connectivity index (χ0n) is 13.1. The van der Waals surface area contributed by atoms with E-state index in [0.717, 1.165) is 39.0 Å². The van der Waals surface area contributed by atoms with Crippen LogP contribution in [-0.2, 0) is 14.3 Å². The summed E-state index contributed by atoms with van der Waals surface area (Å²) in [4.78, 5) is 14.0. The lowest BCUT2D eigenvalue weighted by Gasteiger charge is -2.31. The van der Waals surface area contributed by atoms with Crippen LogP contribution in [0.25, 0.3) is 0 Å². The molecule has 1 unspecified atom stereocenters. The van der Waals surface area contributed by atoms with Crippen LogP contribution in [0.15, 0.2) is 0 Å². The van der Waals surface area contributed by atoms with Gasteiger partial charge in [0.2, 0.25) is 0 Å². The fourth-order valence-corrected chi connectivity index (χ4v) is 2.31. The van der Waals surface area contributed by atoms with Gasteiger partial charge in [0.05, 0.1) is 13.7 Å². The summed E-state index contributed by atoms with van der Waals surface area (Å²) in [6.45, 7) is 6.89. The van der Waals surface area contributed by atoms with Crippen molar-refractivity contribution in [2.24, 2.45) is 0 Å². The van der Waals surface area contributed by atoms with Crippen LogP contribution >= 0.6 is 0 Å². The maximum Gasteiger partial charge on any atom is 0.322 e. The minimum Gasteiger partial charge on any atom is -0.468 e. The SMILES string of the molecule is CCC(CC)N(CCOC)CCC(NC)C(=O)OC. The van der Waals surface area contributed by atoms with Gasteiger partial charge in [-0.2, -0.15) is 0 Å². The lowest BCUT2D eigenvalue weighted by Crippen LogP contribution is -2.42. The second-order valence-electron chi connectivity index (χ2n) is 4.65. The van der Waals surface area contributed by atoms with Gasteiger partial charge >= 0.3 is 5.97 Å². The molecule has 0 aliphatic heterocycles. The molecule has 0 aromatic carbocycles. The molecule has 1 atom stereocenters. The topological polar surface area (TPSA) is 50.8 Å². The lowest BCUT2D eigenvalue weighted by atomic mass is 10.1. The number of ether oxygens (including phenoxy) is 2. The highest BCUT2D eigenvalue weighted by Crippen LogP contribution is 2.10. The van der Waals surface area contributed by atoms with Gasteiger partial charge in [-0.15, -0.1) is 0 Å². The van der Waals surface area contributed by atoms with Crippen molar-refractivity contribution < 1.29 is 14.3 Å². The van der Waals surface area contributed by atoms with Gasteiger partial charge in [0, 0.05) is 26.2 Å². The van der Waals surface area contributed by atoms with Crippen molar-refractivity contribution in [3.05, 3.63) is 0 Å². The van der Waals surface area contributed by atoms with Crippen molar-refractivity contribution in [2.75, 3.05) is 41.0 Å². The van der Waals surface area contributed by atoms with Gasteiger partial charge < -0.3 is 14.8 Å². The van der Waals surface area contributed by atoms with Crippen LogP contribution in [0.1, 0.15) is 33.1 Å². The number of esters is 1. The van der Waals surface area contributed by atoms with Gasteiger partial charge in [-0.1, -0.05) is 13.8 Å². The minimum atomic E-state index is -0.232. The number of methoxy groups -OCH3 is 2. The van der Waals surface area contributed by atoms with E-state index in [1.165, 1.54) is 7.11 Å².